The van der Waals surface area contributed by atoms with Gasteiger partial charge in [0.25, 0.3) is 11.8 Å². The lowest BCUT2D eigenvalue weighted by Crippen LogP contribution is -2.45. The van der Waals surface area contributed by atoms with E-state index in [1.165, 1.54) is 22.7 Å². The molecule has 14 heteroatoms. The van der Waals surface area contributed by atoms with Crippen LogP contribution in [0.3, 0.4) is 0 Å². The fourth-order valence-electron chi connectivity index (χ4n) is 5.89. The number of aromatic amines is 1. The smallest absolute Gasteiger partial charge is 0.263 e. The van der Waals surface area contributed by atoms with Crippen molar-refractivity contribution in [1.29, 1.82) is 5.26 Å². The van der Waals surface area contributed by atoms with Crippen molar-refractivity contribution in [2.24, 2.45) is 0 Å². The van der Waals surface area contributed by atoms with Crippen LogP contribution in [0, 0.1) is 11.3 Å². The van der Waals surface area contributed by atoms with E-state index in [9.17, 15) is 19.6 Å². The number of rotatable bonds is 8. The van der Waals surface area contributed by atoms with Crippen LogP contribution in [-0.2, 0) is 23.1 Å². The molecule has 0 spiro atoms. The molecular weight excluding hydrogens is 575 g/mol. The molecular formula is C28H35N9O3S2. The third kappa shape index (κ3) is 5.32. The second-order valence-corrected chi connectivity index (χ2v) is 13.4. The summed E-state index contributed by atoms with van der Waals surface area (Å²) in [6, 6.07) is 5.58. The van der Waals surface area contributed by atoms with Crippen LogP contribution in [0.15, 0.2) is 12.1 Å². The summed E-state index contributed by atoms with van der Waals surface area (Å²) in [6.45, 7) is 2.68. The van der Waals surface area contributed by atoms with E-state index < -0.39 is 5.41 Å². The van der Waals surface area contributed by atoms with Gasteiger partial charge in [-0.25, -0.2) is 0 Å². The van der Waals surface area contributed by atoms with Gasteiger partial charge >= 0.3 is 0 Å². The van der Waals surface area contributed by atoms with Gasteiger partial charge in [-0.05, 0) is 62.3 Å². The average molecular weight is 610 g/mol. The minimum Gasteiger partial charge on any atom is -0.344 e. The highest BCUT2D eigenvalue weighted by molar-refractivity contribution is 7.16. The van der Waals surface area contributed by atoms with E-state index in [1.54, 1.807) is 42.9 Å². The molecule has 3 amide bonds. The number of nitrogens with one attached hydrogen (secondary N) is 2. The first-order valence-corrected chi connectivity index (χ1v) is 15.6. The lowest BCUT2D eigenvalue weighted by Gasteiger charge is -2.33. The Bertz CT molecular complexity index is 1450. The zero-order chi connectivity index (χ0) is 30.2. The SMILES string of the molecule is C[C@H](CC1(c2nn[nH]n2)c2sc(C(=O)N(C)C)cc2CCc2cc(C(=O)N(C)C)sc21)NCC(=O)N1CCCC1C#N. The topological polar surface area (TPSA) is 151 Å². The van der Waals surface area contributed by atoms with Gasteiger partial charge in [0.2, 0.25) is 5.91 Å². The van der Waals surface area contributed by atoms with Crippen molar-refractivity contribution in [3.63, 3.8) is 0 Å². The van der Waals surface area contributed by atoms with Gasteiger partial charge in [0, 0.05) is 50.5 Å². The number of H-pyrrole nitrogens is 1. The highest BCUT2D eigenvalue weighted by Crippen LogP contribution is 2.52. The molecule has 5 rings (SSSR count). The number of tetrazole rings is 1. The molecule has 1 fully saturated rings. The van der Waals surface area contributed by atoms with Crippen molar-refractivity contribution in [3.05, 3.63) is 48.6 Å². The third-order valence-electron chi connectivity index (χ3n) is 7.95. The Morgan fingerprint density at radius 2 is 1.71 bits per heavy atom. The summed E-state index contributed by atoms with van der Waals surface area (Å²) >= 11 is 2.85. The summed E-state index contributed by atoms with van der Waals surface area (Å²) in [7, 11) is 6.93. The van der Waals surface area contributed by atoms with Gasteiger partial charge < -0.3 is 20.0 Å². The lowest BCUT2D eigenvalue weighted by atomic mass is 9.76. The molecule has 222 valence electrons. The summed E-state index contributed by atoms with van der Waals surface area (Å²) in [5.41, 5.74) is 1.16. The summed E-state index contributed by atoms with van der Waals surface area (Å²) in [5, 5.41) is 28.4. The zero-order valence-electron chi connectivity index (χ0n) is 24.4. The van der Waals surface area contributed by atoms with Crippen molar-refractivity contribution < 1.29 is 14.4 Å². The molecule has 3 aromatic rings. The van der Waals surface area contributed by atoms with E-state index in [0.717, 1.165) is 27.3 Å². The Labute approximate surface area is 252 Å². The highest BCUT2D eigenvalue weighted by atomic mass is 32.1. The summed E-state index contributed by atoms with van der Waals surface area (Å²) in [5.74, 6) is 0.179. The molecule has 0 saturated carbocycles. The Kier molecular flexibility index (Phi) is 8.45. The second-order valence-electron chi connectivity index (χ2n) is 11.3. The Morgan fingerprint density at radius 1 is 1.12 bits per heavy atom. The largest absolute Gasteiger partial charge is 0.344 e. The lowest BCUT2D eigenvalue weighted by molar-refractivity contribution is -0.130. The van der Waals surface area contributed by atoms with E-state index in [2.05, 4.69) is 32.0 Å². The quantitative estimate of drug-likeness (QED) is 0.394. The van der Waals surface area contributed by atoms with Crippen molar-refractivity contribution in [3.8, 4) is 6.07 Å². The zero-order valence-corrected chi connectivity index (χ0v) is 26.1. The van der Waals surface area contributed by atoms with E-state index in [0.29, 0.717) is 47.8 Å². The molecule has 1 aliphatic heterocycles. The predicted octanol–water partition coefficient (Wildman–Crippen LogP) is 2.04. The number of likely N-dealkylation sites (tertiary alicyclic amines) is 1. The van der Waals surface area contributed by atoms with Gasteiger partial charge in [-0.2, -0.15) is 10.5 Å². The number of hydrogen-bond acceptors (Lipinski definition) is 10. The molecule has 1 aliphatic carbocycles. The Balaban J connectivity index is 1.59. The van der Waals surface area contributed by atoms with Crippen LogP contribution < -0.4 is 5.32 Å². The number of amides is 3. The first-order valence-electron chi connectivity index (χ1n) is 13.9. The van der Waals surface area contributed by atoms with E-state index in [1.807, 2.05) is 19.1 Å². The van der Waals surface area contributed by atoms with Gasteiger partial charge in [-0.15, -0.1) is 32.9 Å². The van der Waals surface area contributed by atoms with Crippen LogP contribution in [-0.4, -0.2) is 106 Å². The van der Waals surface area contributed by atoms with Gasteiger partial charge in [0.05, 0.1) is 22.4 Å². The highest BCUT2D eigenvalue weighted by Gasteiger charge is 2.49. The molecule has 2 N–H and O–H groups in total. The standard InChI is InChI=1S/C28H35N9O3S2/c1-16(30-15-22(38)37-10-6-7-19(37)14-29)13-28(27-31-33-34-32-27)23-17(11-20(41-23)25(39)35(2)3)8-9-18-12-21(42-24(18)28)26(40)36(4)5/h11-12,16,19,30H,6-10,13,15H2,1-5H3,(H,31,32,33,34)/t16-,19?/m1/s1. The second kappa shape index (κ2) is 11.9. The molecule has 0 bridgehead atoms. The molecule has 2 atom stereocenters. The number of nitriles is 1. The number of aromatic nitrogens is 4. The van der Waals surface area contributed by atoms with Crippen molar-refractivity contribution >= 4 is 40.4 Å². The van der Waals surface area contributed by atoms with Gasteiger partial charge in [0.15, 0.2) is 5.82 Å². The molecule has 3 aromatic heterocycles. The fourth-order valence-corrected chi connectivity index (χ4v) is 8.82. The molecule has 12 nitrogen and oxygen atoms in total. The first kappa shape index (κ1) is 29.8. The minimum atomic E-state index is -0.919. The monoisotopic (exact) mass is 609 g/mol. The summed E-state index contributed by atoms with van der Waals surface area (Å²) in [6.07, 6.45) is 3.36. The number of nitrogens with zero attached hydrogens (tertiary/aromatic N) is 7. The molecule has 1 unspecified atom stereocenters. The molecule has 0 radical (unpaired) electrons. The average Bonchev–Trinajstić information content (AvgIpc) is 3.78. The number of aryl methyl sites for hydroxylation is 2. The van der Waals surface area contributed by atoms with Gasteiger partial charge in [0.1, 0.15) is 11.5 Å². The maximum Gasteiger partial charge on any atom is 0.263 e. The van der Waals surface area contributed by atoms with Crippen molar-refractivity contribution in [1.82, 2.24) is 40.6 Å². The molecule has 4 heterocycles. The predicted molar refractivity (Wildman–Crippen MR) is 159 cm³/mol. The van der Waals surface area contributed by atoms with Crippen LogP contribution in [0.2, 0.25) is 0 Å². The number of thiophene rings is 2. The maximum absolute atomic E-state index is 13.1. The Hall–Kier alpha value is -3.67. The van der Waals surface area contributed by atoms with Crippen LogP contribution in [0.1, 0.15) is 72.2 Å². The first-order chi connectivity index (χ1) is 20.1. The van der Waals surface area contributed by atoms with Crippen LogP contribution >= 0.6 is 22.7 Å². The van der Waals surface area contributed by atoms with E-state index in [-0.39, 0.29) is 36.3 Å². The fraction of sp³-hybridized carbons (Fsp3) is 0.536. The summed E-state index contributed by atoms with van der Waals surface area (Å²) in [4.78, 5) is 47.2. The van der Waals surface area contributed by atoms with Crippen LogP contribution in [0.4, 0.5) is 0 Å². The van der Waals surface area contributed by atoms with Crippen molar-refractivity contribution in [2.75, 3.05) is 41.3 Å². The van der Waals surface area contributed by atoms with Crippen LogP contribution in [0.5, 0.6) is 0 Å². The minimum absolute atomic E-state index is 0.0839. The summed E-state index contributed by atoms with van der Waals surface area (Å²) < 4.78 is 0. The molecule has 0 aromatic carbocycles. The van der Waals surface area contributed by atoms with E-state index >= 15 is 0 Å². The third-order valence-corrected chi connectivity index (χ3v) is 10.6. The number of fused-ring (bicyclic) bond motifs is 2. The normalized spacial score (nSPS) is 18.0. The molecule has 2 aliphatic rings. The van der Waals surface area contributed by atoms with Crippen LogP contribution in [0.25, 0.3) is 0 Å². The molecule has 1 saturated heterocycles. The van der Waals surface area contributed by atoms with Crippen molar-refractivity contribution in [2.45, 2.75) is 56.5 Å². The number of carbonyl (C=O) groups excluding carboxylic acids is 3. The molecule has 42 heavy (non-hydrogen) atoms. The number of carbonyl (C=O) groups is 3. The van der Waals surface area contributed by atoms with Gasteiger partial charge in [-0.3, -0.25) is 14.4 Å². The van der Waals surface area contributed by atoms with Gasteiger partial charge in [-0.1, -0.05) is 5.21 Å². The van der Waals surface area contributed by atoms with E-state index in [4.69, 9.17) is 0 Å². The number of hydrogen-bond donors (Lipinski definition) is 2. The maximum atomic E-state index is 13.1. The Morgan fingerprint density at radius 3 is 2.21 bits per heavy atom.